The molecule has 1 N–H and O–H groups in total. The Labute approximate surface area is 151 Å². The summed E-state index contributed by atoms with van der Waals surface area (Å²) in [6, 6.07) is 12.3. The van der Waals surface area contributed by atoms with E-state index >= 15 is 0 Å². The maximum Gasteiger partial charge on any atom is 0.359 e. The summed E-state index contributed by atoms with van der Waals surface area (Å²) in [7, 11) is 1.31. The summed E-state index contributed by atoms with van der Waals surface area (Å²) in [6.45, 7) is 0. The molecule has 4 nitrogen and oxygen atoms in total. The van der Waals surface area contributed by atoms with Gasteiger partial charge in [-0.25, -0.2) is 4.79 Å². The molecule has 0 unspecified atom stereocenters. The number of hydrazone groups is 1. The second-order valence-electron chi connectivity index (χ2n) is 4.17. The summed E-state index contributed by atoms with van der Waals surface area (Å²) in [4.78, 5) is 12.0. The van der Waals surface area contributed by atoms with E-state index in [-0.39, 0.29) is 5.71 Å². The van der Waals surface area contributed by atoms with Gasteiger partial charge in [-0.3, -0.25) is 5.43 Å². The Kier molecular flexibility index (Phi) is 6.05. The molecule has 2 aromatic carbocycles. The molecule has 2 rings (SSSR count). The van der Waals surface area contributed by atoms with Crippen molar-refractivity contribution in [1.29, 1.82) is 0 Å². The summed E-state index contributed by atoms with van der Waals surface area (Å²) in [5.41, 5.74) is 4.15. The average molecular weight is 449 g/mol. The van der Waals surface area contributed by atoms with Crippen LogP contribution in [0, 0.1) is 3.57 Å². The van der Waals surface area contributed by atoms with E-state index in [4.69, 9.17) is 27.9 Å². The van der Waals surface area contributed by atoms with Crippen molar-refractivity contribution < 1.29 is 9.53 Å². The van der Waals surface area contributed by atoms with Gasteiger partial charge in [-0.15, -0.1) is 0 Å². The largest absolute Gasteiger partial charge is 0.464 e. The van der Waals surface area contributed by atoms with Crippen LogP contribution in [0.3, 0.4) is 0 Å². The van der Waals surface area contributed by atoms with Gasteiger partial charge in [0.05, 0.1) is 17.8 Å². The van der Waals surface area contributed by atoms with Gasteiger partial charge in [0.1, 0.15) is 0 Å². The number of hydrogen-bond donors (Lipinski definition) is 1. The van der Waals surface area contributed by atoms with Crippen molar-refractivity contribution in [3.63, 3.8) is 0 Å². The van der Waals surface area contributed by atoms with Crippen LogP contribution in [0.15, 0.2) is 47.6 Å². The van der Waals surface area contributed by atoms with E-state index in [0.717, 1.165) is 3.57 Å². The van der Waals surface area contributed by atoms with E-state index in [9.17, 15) is 4.79 Å². The number of nitrogens with one attached hydrogen (secondary N) is 1. The highest BCUT2D eigenvalue weighted by Crippen LogP contribution is 2.25. The summed E-state index contributed by atoms with van der Waals surface area (Å²) in [6.07, 6.45) is 0. The normalized spacial score (nSPS) is 11.2. The van der Waals surface area contributed by atoms with E-state index in [1.54, 1.807) is 24.3 Å². The zero-order valence-corrected chi connectivity index (χ0v) is 15.1. The molecule has 0 aliphatic rings. The standard InChI is InChI=1S/C15H11Cl2IN2O2/c1-22-15(21)14(10-4-2-3-5-12(10)18)20-19-13-7-6-9(16)8-11(13)17/h2-8,19H,1H3/b20-14-. The maximum absolute atomic E-state index is 12.0. The lowest BCUT2D eigenvalue weighted by Crippen LogP contribution is -2.20. The van der Waals surface area contributed by atoms with Crippen molar-refractivity contribution in [3.8, 4) is 0 Å². The molecule has 0 spiro atoms. The smallest absolute Gasteiger partial charge is 0.359 e. The zero-order valence-electron chi connectivity index (χ0n) is 11.4. The Balaban J connectivity index is 2.38. The lowest BCUT2D eigenvalue weighted by atomic mass is 10.1. The number of carbonyl (C=O) groups excluding carboxylic acids is 1. The molecule has 0 heterocycles. The highest BCUT2D eigenvalue weighted by atomic mass is 127. The first-order chi connectivity index (χ1) is 10.5. The maximum atomic E-state index is 12.0. The van der Waals surface area contributed by atoms with Gasteiger partial charge in [0, 0.05) is 14.2 Å². The molecular weight excluding hydrogens is 438 g/mol. The van der Waals surface area contributed by atoms with E-state index in [1.807, 2.05) is 18.2 Å². The first-order valence-corrected chi connectivity index (χ1v) is 7.98. The topological polar surface area (TPSA) is 50.7 Å². The molecule has 0 aliphatic carbocycles. The number of rotatable bonds is 4. The average Bonchev–Trinajstić information content (AvgIpc) is 2.50. The Bertz CT molecular complexity index is 735. The quantitative estimate of drug-likeness (QED) is 0.322. The number of carbonyl (C=O) groups is 1. The number of methoxy groups -OCH3 is 1. The second-order valence-corrected chi connectivity index (χ2v) is 6.17. The molecule has 0 aliphatic heterocycles. The van der Waals surface area contributed by atoms with E-state index in [2.05, 4.69) is 33.1 Å². The van der Waals surface area contributed by atoms with Crippen molar-refractivity contribution in [2.75, 3.05) is 12.5 Å². The summed E-state index contributed by atoms with van der Waals surface area (Å²) >= 11 is 14.0. The number of hydrogen-bond acceptors (Lipinski definition) is 4. The molecule has 0 radical (unpaired) electrons. The SMILES string of the molecule is COC(=O)/C(=N\Nc1ccc(Cl)cc1Cl)c1ccccc1I. The van der Waals surface area contributed by atoms with Crippen LogP contribution in [0.5, 0.6) is 0 Å². The van der Waals surface area contributed by atoms with Gasteiger partial charge in [0.2, 0.25) is 0 Å². The summed E-state index contributed by atoms with van der Waals surface area (Å²) in [5, 5.41) is 5.07. The van der Waals surface area contributed by atoms with E-state index < -0.39 is 5.97 Å². The van der Waals surface area contributed by atoms with E-state index in [1.165, 1.54) is 7.11 Å². The third-order valence-electron chi connectivity index (χ3n) is 2.73. The van der Waals surface area contributed by atoms with Crippen molar-refractivity contribution >= 4 is 63.2 Å². The van der Waals surface area contributed by atoms with Crippen molar-refractivity contribution in [3.05, 3.63) is 61.6 Å². The lowest BCUT2D eigenvalue weighted by Gasteiger charge is -2.09. The molecule has 7 heteroatoms. The van der Waals surface area contributed by atoms with Gasteiger partial charge < -0.3 is 4.74 Å². The molecule has 0 saturated heterocycles. The van der Waals surface area contributed by atoms with Gasteiger partial charge in [0.25, 0.3) is 0 Å². The van der Waals surface area contributed by atoms with Crippen molar-refractivity contribution in [2.24, 2.45) is 5.10 Å². The second kappa shape index (κ2) is 7.80. The molecular formula is C15H11Cl2IN2O2. The number of ether oxygens (including phenoxy) is 1. The molecule has 0 fully saturated rings. The molecule has 114 valence electrons. The molecule has 0 atom stereocenters. The van der Waals surface area contributed by atoms with Crippen LogP contribution < -0.4 is 5.43 Å². The fraction of sp³-hybridized carbons (Fsp3) is 0.0667. The molecule has 0 aromatic heterocycles. The van der Waals surface area contributed by atoms with E-state index in [0.29, 0.717) is 21.3 Å². The van der Waals surface area contributed by atoms with Crippen LogP contribution in [-0.4, -0.2) is 18.8 Å². The van der Waals surface area contributed by atoms with Gasteiger partial charge in [0.15, 0.2) is 5.71 Å². The number of esters is 1. The summed E-state index contributed by atoms with van der Waals surface area (Å²) in [5.74, 6) is -0.540. The van der Waals surface area contributed by atoms with Crippen LogP contribution in [0.2, 0.25) is 10.0 Å². The molecule has 0 bridgehead atoms. The lowest BCUT2D eigenvalue weighted by molar-refractivity contribution is -0.132. The summed E-state index contributed by atoms with van der Waals surface area (Å²) < 4.78 is 5.68. The molecule has 0 saturated carbocycles. The molecule has 22 heavy (non-hydrogen) atoms. The van der Waals surface area contributed by atoms with Gasteiger partial charge in [-0.2, -0.15) is 5.10 Å². The fourth-order valence-corrected chi connectivity index (χ4v) is 2.76. The third-order valence-corrected chi connectivity index (χ3v) is 4.22. The Morgan fingerprint density at radius 1 is 1.23 bits per heavy atom. The monoisotopic (exact) mass is 448 g/mol. The van der Waals surface area contributed by atoms with Crippen LogP contribution in [0.1, 0.15) is 5.56 Å². The first kappa shape index (κ1) is 17.1. The molecule has 2 aromatic rings. The Hall–Kier alpha value is -1.31. The number of nitrogens with zero attached hydrogens (tertiary/aromatic N) is 1. The zero-order chi connectivity index (χ0) is 16.1. The minimum atomic E-state index is -0.540. The number of anilines is 1. The van der Waals surface area contributed by atoms with Crippen molar-refractivity contribution in [2.45, 2.75) is 0 Å². The number of halogens is 3. The third kappa shape index (κ3) is 4.12. The van der Waals surface area contributed by atoms with Crippen LogP contribution in [0.25, 0.3) is 0 Å². The van der Waals surface area contributed by atoms with Crippen molar-refractivity contribution in [1.82, 2.24) is 0 Å². The predicted octanol–water partition coefficient (Wildman–Crippen LogP) is 4.59. The van der Waals surface area contributed by atoms with Crippen LogP contribution >= 0.6 is 45.8 Å². The van der Waals surface area contributed by atoms with Crippen LogP contribution in [0.4, 0.5) is 5.69 Å². The first-order valence-electron chi connectivity index (χ1n) is 6.15. The highest BCUT2D eigenvalue weighted by Gasteiger charge is 2.17. The fourth-order valence-electron chi connectivity index (χ4n) is 1.66. The minimum absolute atomic E-state index is 0.165. The Morgan fingerprint density at radius 3 is 2.59 bits per heavy atom. The van der Waals surface area contributed by atoms with Gasteiger partial charge >= 0.3 is 5.97 Å². The Morgan fingerprint density at radius 2 is 1.95 bits per heavy atom. The van der Waals surface area contributed by atoms with Gasteiger partial charge in [-0.1, -0.05) is 41.4 Å². The number of benzene rings is 2. The highest BCUT2D eigenvalue weighted by molar-refractivity contribution is 14.1. The minimum Gasteiger partial charge on any atom is -0.464 e. The van der Waals surface area contributed by atoms with Gasteiger partial charge in [-0.05, 0) is 46.9 Å². The molecule has 0 amide bonds. The predicted molar refractivity (Wildman–Crippen MR) is 97.8 cm³/mol. The van der Waals surface area contributed by atoms with Crippen LogP contribution in [-0.2, 0) is 9.53 Å².